The second-order valence-electron chi connectivity index (χ2n) is 4.57. The van der Waals surface area contributed by atoms with Crippen molar-refractivity contribution in [1.29, 1.82) is 0 Å². The van der Waals surface area contributed by atoms with Crippen LogP contribution in [0.25, 0.3) is 11.1 Å². The summed E-state index contributed by atoms with van der Waals surface area (Å²) in [7, 11) is 0. The Labute approximate surface area is 120 Å². The molecule has 2 aromatic carbocycles. The molecule has 1 heterocycles. The maximum atomic E-state index is 5.52. The summed E-state index contributed by atoms with van der Waals surface area (Å²) in [6.07, 6.45) is 0. The fourth-order valence-corrected chi connectivity index (χ4v) is 2.35. The number of ether oxygens (including phenoxy) is 1. The molecule has 0 aromatic heterocycles. The van der Waals surface area contributed by atoms with E-state index in [1.165, 1.54) is 16.7 Å². The highest BCUT2D eigenvalue weighted by atomic mass is 35.5. The van der Waals surface area contributed by atoms with Crippen molar-refractivity contribution in [1.82, 2.24) is 5.32 Å². The first-order chi connectivity index (χ1) is 8.93. The summed E-state index contributed by atoms with van der Waals surface area (Å²) in [4.78, 5) is 0. The van der Waals surface area contributed by atoms with Gasteiger partial charge in [0.2, 0.25) is 0 Å². The third kappa shape index (κ3) is 3.35. The summed E-state index contributed by atoms with van der Waals surface area (Å²) in [6, 6.07) is 19.5. The van der Waals surface area contributed by atoms with Crippen molar-refractivity contribution in [2.45, 2.75) is 6.04 Å². The van der Waals surface area contributed by atoms with Crippen LogP contribution in [0.2, 0.25) is 0 Å². The molecule has 1 N–H and O–H groups in total. The predicted molar refractivity (Wildman–Crippen MR) is 80.7 cm³/mol. The summed E-state index contributed by atoms with van der Waals surface area (Å²) in [6.45, 7) is 2.51. The van der Waals surface area contributed by atoms with Gasteiger partial charge in [-0.2, -0.15) is 0 Å². The Balaban J connectivity index is 0.00000133. The first kappa shape index (κ1) is 14.1. The molecule has 0 radical (unpaired) electrons. The van der Waals surface area contributed by atoms with E-state index in [9.17, 15) is 0 Å². The molecule has 3 rings (SSSR count). The van der Waals surface area contributed by atoms with Gasteiger partial charge in [-0.15, -0.1) is 12.4 Å². The summed E-state index contributed by atoms with van der Waals surface area (Å²) in [5.41, 5.74) is 3.83. The third-order valence-corrected chi connectivity index (χ3v) is 3.32. The lowest BCUT2D eigenvalue weighted by atomic mass is 9.99. The van der Waals surface area contributed by atoms with Crippen LogP contribution >= 0.6 is 12.4 Å². The average Bonchev–Trinajstić information content (AvgIpc) is 2.49. The molecule has 0 amide bonds. The van der Waals surface area contributed by atoms with Gasteiger partial charge in [0.05, 0.1) is 19.3 Å². The van der Waals surface area contributed by atoms with E-state index >= 15 is 0 Å². The van der Waals surface area contributed by atoms with Gasteiger partial charge < -0.3 is 10.1 Å². The Hall–Kier alpha value is -1.35. The Bertz CT molecular complexity index is 509. The molecule has 1 saturated heterocycles. The first-order valence-electron chi connectivity index (χ1n) is 6.40. The van der Waals surface area contributed by atoms with Crippen LogP contribution < -0.4 is 5.32 Å². The minimum Gasteiger partial charge on any atom is -0.378 e. The normalized spacial score (nSPS) is 18.6. The lowest BCUT2D eigenvalue weighted by Gasteiger charge is -2.24. The number of hydrogen-bond acceptors (Lipinski definition) is 2. The van der Waals surface area contributed by atoms with Gasteiger partial charge in [0.15, 0.2) is 0 Å². The topological polar surface area (TPSA) is 21.3 Å². The van der Waals surface area contributed by atoms with E-state index in [1.54, 1.807) is 0 Å². The minimum atomic E-state index is 0. The number of rotatable bonds is 2. The van der Waals surface area contributed by atoms with Crippen LogP contribution in [0.5, 0.6) is 0 Å². The van der Waals surface area contributed by atoms with E-state index in [0.29, 0.717) is 6.04 Å². The highest BCUT2D eigenvalue weighted by Crippen LogP contribution is 2.24. The lowest BCUT2D eigenvalue weighted by molar-refractivity contribution is 0.0769. The van der Waals surface area contributed by atoms with Gasteiger partial charge in [0, 0.05) is 6.54 Å². The number of hydrogen-bond donors (Lipinski definition) is 1. The first-order valence-corrected chi connectivity index (χ1v) is 6.40. The molecule has 0 aliphatic carbocycles. The van der Waals surface area contributed by atoms with E-state index in [0.717, 1.165) is 19.8 Å². The second-order valence-corrected chi connectivity index (χ2v) is 4.57. The maximum Gasteiger partial charge on any atom is 0.0662 e. The molecule has 1 aliphatic heterocycles. The molecule has 19 heavy (non-hydrogen) atoms. The predicted octanol–water partition coefficient (Wildman–Crippen LogP) is 3.44. The quantitative estimate of drug-likeness (QED) is 0.907. The van der Waals surface area contributed by atoms with Crippen LogP contribution in [0.3, 0.4) is 0 Å². The third-order valence-electron chi connectivity index (χ3n) is 3.32. The number of nitrogens with one attached hydrogen (secondary N) is 1. The molecule has 2 nitrogen and oxygen atoms in total. The van der Waals surface area contributed by atoms with E-state index in [-0.39, 0.29) is 12.4 Å². The van der Waals surface area contributed by atoms with Gasteiger partial charge in [0.25, 0.3) is 0 Å². The van der Waals surface area contributed by atoms with Crippen molar-refractivity contribution in [2.75, 3.05) is 19.8 Å². The van der Waals surface area contributed by atoms with Crippen molar-refractivity contribution in [3.8, 4) is 11.1 Å². The van der Waals surface area contributed by atoms with Crippen LogP contribution in [0.4, 0.5) is 0 Å². The van der Waals surface area contributed by atoms with Crippen molar-refractivity contribution >= 4 is 12.4 Å². The molecule has 0 bridgehead atoms. The van der Waals surface area contributed by atoms with Crippen LogP contribution in [-0.2, 0) is 4.74 Å². The Morgan fingerprint density at radius 2 is 1.74 bits per heavy atom. The van der Waals surface area contributed by atoms with Gasteiger partial charge >= 0.3 is 0 Å². The second kappa shape index (κ2) is 6.71. The van der Waals surface area contributed by atoms with Gasteiger partial charge in [-0.1, -0.05) is 48.5 Å². The molecule has 0 saturated carbocycles. The van der Waals surface area contributed by atoms with E-state index in [4.69, 9.17) is 4.74 Å². The monoisotopic (exact) mass is 275 g/mol. The molecule has 0 spiro atoms. The summed E-state index contributed by atoms with van der Waals surface area (Å²) < 4.78 is 5.52. The zero-order chi connectivity index (χ0) is 12.2. The molecule has 1 fully saturated rings. The maximum absolute atomic E-state index is 5.52. The number of morpholine rings is 1. The Morgan fingerprint density at radius 3 is 2.47 bits per heavy atom. The number of halogens is 1. The molecule has 2 aromatic rings. The number of benzene rings is 2. The molecule has 3 heteroatoms. The fraction of sp³-hybridized carbons (Fsp3) is 0.250. The van der Waals surface area contributed by atoms with Crippen LogP contribution in [0, 0.1) is 0 Å². The van der Waals surface area contributed by atoms with Gasteiger partial charge in [0.1, 0.15) is 0 Å². The fourth-order valence-electron chi connectivity index (χ4n) is 2.35. The Morgan fingerprint density at radius 1 is 0.947 bits per heavy atom. The van der Waals surface area contributed by atoms with Crippen LogP contribution in [0.1, 0.15) is 11.6 Å². The van der Waals surface area contributed by atoms with Crippen molar-refractivity contribution < 1.29 is 4.74 Å². The van der Waals surface area contributed by atoms with Gasteiger partial charge in [-0.05, 0) is 22.8 Å². The molecular weight excluding hydrogens is 258 g/mol. The van der Waals surface area contributed by atoms with Crippen LogP contribution in [0.15, 0.2) is 54.6 Å². The highest BCUT2D eigenvalue weighted by Gasteiger charge is 2.15. The lowest BCUT2D eigenvalue weighted by Crippen LogP contribution is -2.34. The summed E-state index contributed by atoms with van der Waals surface area (Å²) >= 11 is 0. The largest absolute Gasteiger partial charge is 0.378 e. The van der Waals surface area contributed by atoms with Crippen molar-refractivity contribution in [3.05, 3.63) is 60.2 Å². The molecule has 1 aliphatic rings. The van der Waals surface area contributed by atoms with E-state index in [1.807, 2.05) is 6.07 Å². The van der Waals surface area contributed by atoms with Gasteiger partial charge in [-0.3, -0.25) is 0 Å². The van der Waals surface area contributed by atoms with E-state index in [2.05, 4.69) is 53.8 Å². The van der Waals surface area contributed by atoms with E-state index < -0.39 is 0 Å². The SMILES string of the molecule is Cl.c1ccc(-c2cccc([C@@H]3COCCN3)c2)cc1. The smallest absolute Gasteiger partial charge is 0.0662 e. The summed E-state index contributed by atoms with van der Waals surface area (Å²) in [5.74, 6) is 0. The highest BCUT2D eigenvalue weighted by molar-refractivity contribution is 5.85. The molecule has 0 unspecified atom stereocenters. The summed E-state index contributed by atoms with van der Waals surface area (Å²) in [5, 5.41) is 3.49. The Kier molecular flexibility index (Phi) is 4.97. The van der Waals surface area contributed by atoms with Crippen LogP contribution in [-0.4, -0.2) is 19.8 Å². The molecule has 1 atom stereocenters. The van der Waals surface area contributed by atoms with Crippen molar-refractivity contribution in [3.63, 3.8) is 0 Å². The van der Waals surface area contributed by atoms with Crippen molar-refractivity contribution in [2.24, 2.45) is 0 Å². The zero-order valence-electron chi connectivity index (χ0n) is 10.7. The standard InChI is InChI=1S/C16H17NO.ClH/c1-2-5-13(6-3-1)14-7-4-8-15(11-14)16-12-18-10-9-17-16;/h1-8,11,16-17H,9-10,12H2;1H/t16-;/m0./s1. The molecular formula is C16H18ClNO. The minimum absolute atomic E-state index is 0. The van der Waals surface area contributed by atoms with Gasteiger partial charge in [-0.25, -0.2) is 0 Å². The molecule has 100 valence electrons. The average molecular weight is 276 g/mol. The zero-order valence-corrected chi connectivity index (χ0v) is 11.5.